The van der Waals surface area contributed by atoms with Crippen molar-refractivity contribution in [3.63, 3.8) is 0 Å². The van der Waals surface area contributed by atoms with Crippen LogP contribution in [-0.2, 0) is 14.3 Å². The molecular formula is C25H38F3N5O4. The number of carbonyl (C=O) groups is 2. The van der Waals surface area contributed by atoms with Gasteiger partial charge in [0.1, 0.15) is 6.61 Å². The number of halogens is 3. The number of rotatable bonds is 5. The average molecular weight is 530 g/mol. The molecule has 0 bridgehead atoms. The number of alkyl halides is 3. The van der Waals surface area contributed by atoms with Crippen molar-refractivity contribution < 1.29 is 32.2 Å². The van der Waals surface area contributed by atoms with Crippen LogP contribution in [0.25, 0.3) is 0 Å². The molecule has 6 fully saturated rings. The van der Waals surface area contributed by atoms with Gasteiger partial charge >= 0.3 is 12.3 Å². The maximum Gasteiger partial charge on any atom is 0.410 e. The van der Waals surface area contributed by atoms with Crippen molar-refractivity contribution in [3.05, 3.63) is 0 Å². The number of likely N-dealkylation sites (tertiary alicyclic amines) is 1. The van der Waals surface area contributed by atoms with E-state index in [0.717, 1.165) is 38.8 Å². The lowest BCUT2D eigenvalue weighted by Gasteiger charge is -2.52. The van der Waals surface area contributed by atoms with Gasteiger partial charge in [0.05, 0.1) is 38.5 Å². The Morgan fingerprint density at radius 3 is 2.51 bits per heavy atom. The van der Waals surface area contributed by atoms with Crippen LogP contribution in [0.15, 0.2) is 0 Å². The van der Waals surface area contributed by atoms with E-state index in [9.17, 15) is 22.8 Å². The summed E-state index contributed by atoms with van der Waals surface area (Å²) < 4.78 is 53.4. The van der Waals surface area contributed by atoms with Gasteiger partial charge in [0.25, 0.3) is 0 Å². The Morgan fingerprint density at radius 1 is 1.08 bits per heavy atom. The van der Waals surface area contributed by atoms with Crippen LogP contribution >= 0.6 is 0 Å². The molecule has 2 amide bonds. The van der Waals surface area contributed by atoms with Gasteiger partial charge in [0.15, 0.2) is 0 Å². The van der Waals surface area contributed by atoms with E-state index in [1.165, 1.54) is 4.90 Å². The highest BCUT2D eigenvalue weighted by atomic mass is 19.4. The third kappa shape index (κ3) is 4.51. The summed E-state index contributed by atoms with van der Waals surface area (Å²) in [4.78, 5) is 31.3. The lowest BCUT2D eigenvalue weighted by Crippen LogP contribution is -2.56. The van der Waals surface area contributed by atoms with Crippen LogP contribution in [0, 0.1) is 29.1 Å². The number of hydrazine groups is 1. The maximum absolute atomic E-state index is 14.2. The number of amides is 2. The summed E-state index contributed by atoms with van der Waals surface area (Å²) in [6, 6.07) is -0.642. The quantitative estimate of drug-likeness (QED) is 0.565. The molecule has 4 aliphatic heterocycles. The van der Waals surface area contributed by atoms with E-state index in [-0.39, 0.29) is 43.1 Å². The fraction of sp³-hybridized carbons (Fsp3) is 0.920. The molecule has 6 rings (SSSR count). The molecule has 2 saturated carbocycles. The van der Waals surface area contributed by atoms with Gasteiger partial charge in [-0.25, -0.2) is 15.6 Å². The smallest absolute Gasteiger partial charge is 0.410 e. The molecule has 0 spiro atoms. The van der Waals surface area contributed by atoms with E-state index in [1.807, 2.05) is 0 Å². The first-order valence-electron chi connectivity index (χ1n) is 13.7. The van der Waals surface area contributed by atoms with Gasteiger partial charge < -0.3 is 19.3 Å². The Morgan fingerprint density at radius 2 is 1.89 bits per heavy atom. The summed E-state index contributed by atoms with van der Waals surface area (Å²) in [5.41, 5.74) is 6.55. The molecule has 0 radical (unpaired) electrons. The second-order valence-electron chi connectivity index (χ2n) is 12.2. The fourth-order valence-corrected chi connectivity index (χ4v) is 8.07. The van der Waals surface area contributed by atoms with Crippen molar-refractivity contribution >= 4 is 12.0 Å². The molecule has 2 N–H and O–H groups in total. The van der Waals surface area contributed by atoms with Crippen LogP contribution in [0.2, 0.25) is 0 Å². The number of hydrogen-bond donors (Lipinski definition) is 2. The highest BCUT2D eigenvalue weighted by Gasteiger charge is 2.59. The molecule has 6 aliphatic rings. The summed E-state index contributed by atoms with van der Waals surface area (Å²) in [5, 5.41) is 0. The summed E-state index contributed by atoms with van der Waals surface area (Å²) >= 11 is 0. The number of fused-ring (bicyclic) bond motifs is 1. The molecular weight excluding hydrogens is 491 g/mol. The maximum atomic E-state index is 14.2. The molecule has 4 heterocycles. The Labute approximate surface area is 215 Å². The van der Waals surface area contributed by atoms with Gasteiger partial charge in [-0.05, 0) is 57.4 Å². The number of hydrogen-bond acceptors (Lipinski definition) is 7. The lowest BCUT2D eigenvalue weighted by atomic mass is 9.64. The molecule has 9 nitrogen and oxygen atoms in total. The minimum atomic E-state index is -4.40. The zero-order chi connectivity index (χ0) is 25.9. The highest BCUT2D eigenvalue weighted by molar-refractivity contribution is 5.82. The van der Waals surface area contributed by atoms with Crippen molar-refractivity contribution in [1.29, 1.82) is 0 Å². The lowest BCUT2D eigenvalue weighted by molar-refractivity contribution is -0.203. The predicted molar refractivity (Wildman–Crippen MR) is 126 cm³/mol. The van der Waals surface area contributed by atoms with E-state index in [0.29, 0.717) is 32.1 Å². The second kappa shape index (κ2) is 9.53. The Kier molecular flexibility index (Phi) is 6.60. The van der Waals surface area contributed by atoms with Crippen LogP contribution in [0.5, 0.6) is 0 Å². The third-order valence-electron chi connectivity index (χ3n) is 10.2. The zero-order valence-electron chi connectivity index (χ0n) is 21.3. The fourth-order valence-electron chi connectivity index (χ4n) is 8.07. The molecule has 208 valence electrons. The SMILES string of the molecule is CN1CNNC1CC1(C2CCCC(N3CC4C(CC(N5CCOC5=O)CC4C(F)(F)F)C3=O)C2)COC1. The van der Waals surface area contributed by atoms with Gasteiger partial charge in [-0.1, -0.05) is 6.42 Å². The monoisotopic (exact) mass is 529 g/mol. The van der Waals surface area contributed by atoms with Crippen molar-refractivity contribution in [2.24, 2.45) is 29.1 Å². The van der Waals surface area contributed by atoms with Crippen molar-refractivity contribution in [1.82, 2.24) is 25.6 Å². The van der Waals surface area contributed by atoms with E-state index >= 15 is 0 Å². The van der Waals surface area contributed by atoms with Crippen LogP contribution in [0.4, 0.5) is 18.0 Å². The summed E-state index contributed by atoms with van der Waals surface area (Å²) in [6.45, 7) is 2.81. The summed E-state index contributed by atoms with van der Waals surface area (Å²) in [6.07, 6.45) is 0.00457. The van der Waals surface area contributed by atoms with E-state index in [2.05, 4.69) is 22.8 Å². The minimum Gasteiger partial charge on any atom is -0.448 e. The summed E-state index contributed by atoms with van der Waals surface area (Å²) in [5.74, 6) is -2.80. The number of ether oxygens (including phenoxy) is 2. The van der Waals surface area contributed by atoms with Gasteiger partial charge in [0, 0.05) is 30.0 Å². The topological polar surface area (TPSA) is 86.4 Å². The van der Waals surface area contributed by atoms with Crippen LogP contribution < -0.4 is 10.9 Å². The zero-order valence-corrected chi connectivity index (χ0v) is 21.3. The van der Waals surface area contributed by atoms with Crippen LogP contribution in [0.3, 0.4) is 0 Å². The summed E-state index contributed by atoms with van der Waals surface area (Å²) in [7, 11) is 2.07. The first kappa shape index (κ1) is 25.6. The van der Waals surface area contributed by atoms with Gasteiger partial charge in [0.2, 0.25) is 5.91 Å². The van der Waals surface area contributed by atoms with Gasteiger partial charge in [-0.2, -0.15) is 13.2 Å². The third-order valence-corrected chi connectivity index (χ3v) is 10.2. The second-order valence-corrected chi connectivity index (χ2v) is 12.2. The standard InChI is InChI=1S/C25H38F3N5O4/c1-31-14-29-30-21(31)10-24(12-36-13-24)15-3-2-4-16(7-15)33-11-19-18(22(33)34)8-17(9-20(19)25(26,27)28)32-5-6-37-23(32)35/h15-21,29-30H,2-14H2,1H3. The first-order chi connectivity index (χ1) is 17.7. The highest BCUT2D eigenvalue weighted by Crippen LogP contribution is 2.52. The molecule has 0 aromatic carbocycles. The Hall–Kier alpha value is -1.63. The van der Waals surface area contributed by atoms with Gasteiger partial charge in [-0.3, -0.25) is 9.69 Å². The minimum absolute atomic E-state index is 0.0296. The number of nitrogens with zero attached hydrogens (tertiary/aromatic N) is 3. The molecule has 37 heavy (non-hydrogen) atoms. The van der Waals surface area contributed by atoms with Crippen LogP contribution in [0.1, 0.15) is 44.9 Å². The molecule has 7 unspecified atom stereocenters. The molecule has 0 aromatic heterocycles. The Balaban J connectivity index is 1.18. The molecule has 2 aliphatic carbocycles. The molecule has 0 aromatic rings. The van der Waals surface area contributed by atoms with Crippen LogP contribution in [-0.4, -0.2) is 97.8 Å². The van der Waals surface area contributed by atoms with E-state index < -0.39 is 36.1 Å². The van der Waals surface area contributed by atoms with E-state index in [4.69, 9.17) is 9.47 Å². The van der Waals surface area contributed by atoms with Crippen molar-refractivity contribution in [3.8, 4) is 0 Å². The molecule has 12 heteroatoms. The number of cyclic esters (lactones) is 1. The average Bonchev–Trinajstić information content (AvgIpc) is 3.54. The van der Waals surface area contributed by atoms with E-state index in [1.54, 1.807) is 4.90 Å². The van der Waals surface area contributed by atoms with Crippen molar-refractivity contribution in [2.45, 2.75) is 69.4 Å². The van der Waals surface area contributed by atoms with Gasteiger partial charge in [-0.15, -0.1) is 0 Å². The first-order valence-corrected chi connectivity index (χ1v) is 13.7. The number of nitrogens with one attached hydrogen (secondary N) is 2. The Bertz CT molecular complexity index is 902. The predicted octanol–water partition coefficient (Wildman–Crippen LogP) is 2.14. The number of carbonyl (C=O) groups excluding carboxylic acids is 2. The molecule has 7 atom stereocenters. The molecule has 4 saturated heterocycles. The largest absolute Gasteiger partial charge is 0.448 e. The van der Waals surface area contributed by atoms with Crippen molar-refractivity contribution in [2.75, 3.05) is 46.6 Å². The normalized spacial score (nSPS) is 40.6.